The average molecular weight is 150 g/mol. The van der Waals surface area contributed by atoms with Crippen LogP contribution in [-0.2, 0) is 16.4 Å². The minimum absolute atomic E-state index is 0.451. The van der Waals surface area contributed by atoms with Crippen LogP contribution in [-0.4, -0.2) is 0 Å². The molecular formula is C9H10O2. The first-order valence-corrected chi connectivity index (χ1v) is 3.36. The topological polar surface area (TPSA) is 18.5 Å². The molecule has 0 saturated heterocycles. The largest absolute Gasteiger partial charge is 0.346 e. The standard InChI is InChI=1S/C9H10O2/c1-2-10-11-8-9-6-4-3-5-7-9/h2-7H,1,8H2. The van der Waals surface area contributed by atoms with Crippen molar-refractivity contribution in [1.82, 2.24) is 0 Å². The minimum Gasteiger partial charge on any atom is -0.346 e. The highest BCUT2D eigenvalue weighted by molar-refractivity contribution is 5.13. The number of hydrogen-bond donors (Lipinski definition) is 0. The van der Waals surface area contributed by atoms with E-state index >= 15 is 0 Å². The summed E-state index contributed by atoms with van der Waals surface area (Å²) in [6.07, 6.45) is 1.25. The van der Waals surface area contributed by atoms with Gasteiger partial charge in [-0.25, -0.2) is 0 Å². The molecule has 11 heavy (non-hydrogen) atoms. The Balaban J connectivity index is 2.33. The Kier molecular flexibility index (Phi) is 3.22. The smallest absolute Gasteiger partial charge is 0.122 e. The lowest BCUT2D eigenvalue weighted by Crippen LogP contribution is -1.88. The molecule has 1 aromatic carbocycles. The van der Waals surface area contributed by atoms with E-state index in [1.165, 1.54) is 6.26 Å². The second kappa shape index (κ2) is 4.52. The van der Waals surface area contributed by atoms with Crippen molar-refractivity contribution in [1.29, 1.82) is 0 Å². The Morgan fingerprint density at radius 3 is 2.64 bits per heavy atom. The molecule has 2 heteroatoms. The zero-order valence-electron chi connectivity index (χ0n) is 6.19. The van der Waals surface area contributed by atoms with Gasteiger partial charge in [-0.1, -0.05) is 36.9 Å². The van der Waals surface area contributed by atoms with Gasteiger partial charge in [-0.2, -0.15) is 4.89 Å². The van der Waals surface area contributed by atoms with E-state index in [2.05, 4.69) is 11.5 Å². The summed E-state index contributed by atoms with van der Waals surface area (Å²) in [5.74, 6) is 0. The number of benzene rings is 1. The molecule has 0 fully saturated rings. The fraction of sp³-hybridized carbons (Fsp3) is 0.111. The Morgan fingerprint density at radius 1 is 1.27 bits per heavy atom. The molecule has 0 radical (unpaired) electrons. The summed E-state index contributed by atoms with van der Waals surface area (Å²) in [5.41, 5.74) is 1.08. The third kappa shape index (κ3) is 2.87. The second-order valence-electron chi connectivity index (χ2n) is 2.01. The maximum atomic E-state index is 4.75. The average Bonchev–Trinajstić information content (AvgIpc) is 2.07. The van der Waals surface area contributed by atoms with Crippen molar-refractivity contribution in [3.05, 3.63) is 48.7 Å². The van der Waals surface area contributed by atoms with Crippen LogP contribution >= 0.6 is 0 Å². The second-order valence-corrected chi connectivity index (χ2v) is 2.01. The van der Waals surface area contributed by atoms with Crippen LogP contribution in [0.4, 0.5) is 0 Å². The predicted molar refractivity (Wildman–Crippen MR) is 42.5 cm³/mol. The van der Waals surface area contributed by atoms with Crippen molar-refractivity contribution in [2.24, 2.45) is 0 Å². The molecule has 0 amide bonds. The molecule has 58 valence electrons. The molecule has 0 aliphatic rings. The Hall–Kier alpha value is -1.28. The molecule has 0 aromatic heterocycles. The predicted octanol–water partition coefficient (Wildman–Crippen LogP) is 2.28. The highest BCUT2D eigenvalue weighted by Gasteiger charge is 1.88. The monoisotopic (exact) mass is 150 g/mol. The summed E-state index contributed by atoms with van der Waals surface area (Å²) >= 11 is 0. The molecule has 0 unspecified atom stereocenters. The lowest BCUT2D eigenvalue weighted by molar-refractivity contribution is -0.258. The van der Waals surface area contributed by atoms with Gasteiger partial charge in [0.2, 0.25) is 0 Å². The van der Waals surface area contributed by atoms with Crippen molar-refractivity contribution < 1.29 is 9.78 Å². The molecule has 2 nitrogen and oxygen atoms in total. The van der Waals surface area contributed by atoms with Crippen molar-refractivity contribution in [3.8, 4) is 0 Å². The van der Waals surface area contributed by atoms with Crippen LogP contribution in [0.5, 0.6) is 0 Å². The zero-order chi connectivity index (χ0) is 7.94. The number of hydrogen-bond acceptors (Lipinski definition) is 2. The van der Waals surface area contributed by atoms with Gasteiger partial charge in [0.25, 0.3) is 0 Å². The van der Waals surface area contributed by atoms with Gasteiger partial charge in [0.05, 0.1) is 0 Å². The zero-order valence-corrected chi connectivity index (χ0v) is 6.19. The van der Waals surface area contributed by atoms with Crippen LogP contribution < -0.4 is 0 Å². The first kappa shape index (κ1) is 7.82. The fourth-order valence-corrected chi connectivity index (χ4v) is 0.724. The van der Waals surface area contributed by atoms with E-state index in [1.807, 2.05) is 30.3 Å². The van der Waals surface area contributed by atoms with Gasteiger partial charge < -0.3 is 4.89 Å². The maximum absolute atomic E-state index is 4.75. The highest BCUT2D eigenvalue weighted by Crippen LogP contribution is 2.00. The lowest BCUT2D eigenvalue weighted by Gasteiger charge is -1.99. The molecule has 1 rings (SSSR count). The Bertz CT molecular complexity index is 206. The third-order valence-corrected chi connectivity index (χ3v) is 1.20. The summed E-state index contributed by atoms with van der Waals surface area (Å²) in [6.45, 7) is 3.80. The van der Waals surface area contributed by atoms with Crippen LogP contribution in [0.15, 0.2) is 43.2 Å². The third-order valence-electron chi connectivity index (χ3n) is 1.20. The number of rotatable bonds is 4. The summed E-state index contributed by atoms with van der Waals surface area (Å²) in [5, 5.41) is 0. The summed E-state index contributed by atoms with van der Waals surface area (Å²) < 4.78 is 0. The molecular weight excluding hydrogens is 140 g/mol. The van der Waals surface area contributed by atoms with Gasteiger partial charge in [0.15, 0.2) is 0 Å². The van der Waals surface area contributed by atoms with E-state index in [-0.39, 0.29) is 0 Å². The minimum atomic E-state index is 0.451. The van der Waals surface area contributed by atoms with E-state index in [0.717, 1.165) is 5.56 Å². The molecule has 0 heterocycles. The van der Waals surface area contributed by atoms with Crippen molar-refractivity contribution in [3.63, 3.8) is 0 Å². The van der Waals surface area contributed by atoms with Gasteiger partial charge in [0, 0.05) is 0 Å². The van der Waals surface area contributed by atoms with Crippen LogP contribution in [0.3, 0.4) is 0 Å². The van der Waals surface area contributed by atoms with Gasteiger partial charge >= 0.3 is 0 Å². The van der Waals surface area contributed by atoms with Gasteiger partial charge in [0.1, 0.15) is 12.9 Å². The van der Waals surface area contributed by atoms with Gasteiger partial charge in [-0.15, -0.1) is 0 Å². The van der Waals surface area contributed by atoms with Crippen molar-refractivity contribution in [2.45, 2.75) is 6.61 Å². The van der Waals surface area contributed by atoms with Crippen LogP contribution in [0.25, 0.3) is 0 Å². The van der Waals surface area contributed by atoms with E-state index in [4.69, 9.17) is 4.89 Å². The lowest BCUT2D eigenvalue weighted by atomic mass is 10.2. The molecule has 0 N–H and O–H groups in total. The highest BCUT2D eigenvalue weighted by atomic mass is 17.2. The summed E-state index contributed by atoms with van der Waals surface area (Å²) in [4.78, 5) is 9.25. The van der Waals surface area contributed by atoms with E-state index < -0.39 is 0 Å². The van der Waals surface area contributed by atoms with E-state index in [0.29, 0.717) is 6.61 Å². The Morgan fingerprint density at radius 2 is 2.00 bits per heavy atom. The van der Waals surface area contributed by atoms with Crippen LogP contribution in [0, 0.1) is 0 Å². The molecule has 0 bridgehead atoms. The maximum Gasteiger partial charge on any atom is 0.122 e. The molecule has 1 aromatic rings. The van der Waals surface area contributed by atoms with Crippen LogP contribution in [0.1, 0.15) is 5.56 Å². The fourth-order valence-electron chi connectivity index (χ4n) is 0.724. The molecule has 0 aliphatic heterocycles. The van der Waals surface area contributed by atoms with Crippen LogP contribution in [0.2, 0.25) is 0 Å². The molecule has 0 aliphatic carbocycles. The van der Waals surface area contributed by atoms with Gasteiger partial charge in [-0.3, -0.25) is 0 Å². The molecule has 0 spiro atoms. The van der Waals surface area contributed by atoms with Gasteiger partial charge in [-0.05, 0) is 5.56 Å². The molecule has 0 saturated carbocycles. The van der Waals surface area contributed by atoms with E-state index in [1.54, 1.807) is 0 Å². The first-order valence-electron chi connectivity index (χ1n) is 3.36. The van der Waals surface area contributed by atoms with Crippen molar-refractivity contribution >= 4 is 0 Å². The first-order chi connectivity index (χ1) is 5.43. The normalized spacial score (nSPS) is 9.09. The summed E-state index contributed by atoms with van der Waals surface area (Å²) in [7, 11) is 0. The quantitative estimate of drug-likeness (QED) is 0.284. The molecule has 0 atom stereocenters. The SMILES string of the molecule is C=COOCc1ccccc1. The Labute approximate surface area is 66.0 Å². The van der Waals surface area contributed by atoms with Crippen molar-refractivity contribution in [2.75, 3.05) is 0 Å². The van der Waals surface area contributed by atoms with E-state index in [9.17, 15) is 0 Å². The summed E-state index contributed by atoms with van der Waals surface area (Å²) in [6, 6.07) is 9.79.